The average Bonchev–Trinajstić information content (AvgIpc) is 3.10. The van der Waals surface area contributed by atoms with E-state index in [1.807, 2.05) is 69.3 Å². The molecule has 3 aromatic rings. The number of fused-ring (bicyclic) bond motifs is 1. The van der Waals surface area contributed by atoms with Crippen LogP contribution in [-0.4, -0.2) is 22.9 Å². The molecule has 7 nitrogen and oxygen atoms in total. The van der Waals surface area contributed by atoms with Gasteiger partial charge in [-0.25, -0.2) is 9.97 Å². The first kappa shape index (κ1) is 17.9. The summed E-state index contributed by atoms with van der Waals surface area (Å²) in [5.74, 6) is 4.36. The summed E-state index contributed by atoms with van der Waals surface area (Å²) in [6.07, 6.45) is 0.146. The smallest absolute Gasteiger partial charge is 0.231 e. The average molecular weight is 378 g/mol. The molecule has 1 aliphatic rings. The van der Waals surface area contributed by atoms with E-state index in [1.54, 1.807) is 0 Å². The fourth-order valence-corrected chi connectivity index (χ4v) is 2.85. The molecule has 2 aromatic carbocycles. The van der Waals surface area contributed by atoms with Crippen LogP contribution < -0.4 is 24.8 Å². The number of hydrogen-bond acceptors (Lipinski definition) is 7. The number of benzene rings is 2. The van der Waals surface area contributed by atoms with Crippen LogP contribution in [0.1, 0.15) is 19.7 Å². The summed E-state index contributed by atoms with van der Waals surface area (Å²) >= 11 is 0. The number of ether oxygens (including phenoxy) is 3. The Labute approximate surface area is 163 Å². The number of nitrogens with one attached hydrogen (secondary N) is 2. The molecule has 0 amide bonds. The Balaban J connectivity index is 1.49. The molecule has 7 heteroatoms. The normalized spacial score (nSPS) is 12.1. The topological polar surface area (TPSA) is 77.5 Å². The molecule has 0 saturated carbocycles. The van der Waals surface area contributed by atoms with E-state index in [9.17, 15) is 0 Å². The Bertz CT molecular complexity index is 974. The van der Waals surface area contributed by atoms with E-state index >= 15 is 0 Å². The Kier molecular flexibility index (Phi) is 4.89. The van der Waals surface area contributed by atoms with Gasteiger partial charge in [0, 0.05) is 23.5 Å². The second-order valence-corrected chi connectivity index (χ2v) is 6.69. The lowest BCUT2D eigenvalue weighted by atomic mass is 10.2. The van der Waals surface area contributed by atoms with E-state index in [4.69, 9.17) is 14.2 Å². The Morgan fingerprint density at radius 1 is 0.857 bits per heavy atom. The van der Waals surface area contributed by atoms with Crippen molar-refractivity contribution in [2.24, 2.45) is 0 Å². The van der Waals surface area contributed by atoms with E-state index in [2.05, 4.69) is 20.6 Å². The number of anilines is 4. The van der Waals surface area contributed by atoms with Crippen molar-refractivity contribution < 1.29 is 14.2 Å². The summed E-state index contributed by atoms with van der Waals surface area (Å²) in [6, 6.07) is 15.3. The zero-order valence-electron chi connectivity index (χ0n) is 16.0. The van der Waals surface area contributed by atoms with Crippen LogP contribution in [0, 0.1) is 6.92 Å². The Morgan fingerprint density at radius 2 is 1.50 bits per heavy atom. The summed E-state index contributed by atoms with van der Waals surface area (Å²) in [6.45, 7) is 6.12. The Morgan fingerprint density at radius 3 is 2.21 bits per heavy atom. The number of nitrogens with zero attached hydrogens (tertiary/aromatic N) is 2. The van der Waals surface area contributed by atoms with Crippen LogP contribution in [0.25, 0.3) is 0 Å². The van der Waals surface area contributed by atoms with Gasteiger partial charge < -0.3 is 24.8 Å². The highest BCUT2D eigenvalue weighted by Gasteiger charge is 2.13. The minimum absolute atomic E-state index is 0.146. The first-order valence-electron chi connectivity index (χ1n) is 9.11. The lowest BCUT2D eigenvalue weighted by Gasteiger charge is -2.12. The fourth-order valence-electron chi connectivity index (χ4n) is 2.85. The number of aryl methyl sites for hydroxylation is 1. The summed E-state index contributed by atoms with van der Waals surface area (Å²) in [5.41, 5.74) is 1.78. The minimum Gasteiger partial charge on any atom is -0.491 e. The van der Waals surface area contributed by atoms with Crippen LogP contribution in [0.15, 0.2) is 48.5 Å². The van der Waals surface area contributed by atoms with Gasteiger partial charge in [0.25, 0.3) is 0 Å². The second-order valence-electron chi connectivity index (χ2n) is 6.69. The van der Waals surface area contributed by atoms with Gasteiger partial charge in [-0.05, 0) is 57.2 Å². The quantitative estimate of drug-likeness (QED) is 0.639. The molecule has 28 heavy (non-hydrogen) atoms. The fraction of sp³-hybridized carbons (Fsp3) is 0.238. The molecular formula is C21H22N4O3. The predicted molar refractivity (Wildman–Crippen MR) is 108 cm³/mol. The van der Waals surface area contributed by atoms with Crippen LogP contribution in [0.2, 0.25) is 0 Å². The third-order valence-corrected chi connectivity index (χ3v) is 3.98. The van der Waals surface area contributed by atoms with Crippen molar-refractivity contribution in [1.82, 2.24) is 9.97 Å². The Hall–Kier alpha value is -3.48. The van der Waals surface area contributed by atoms with Crippen LogP contribution in [0.4, 0.5) is 23.0 Å². The van der Waals surface area contributed by atoms with Gasteiger partial charge in [0.2, 0.25) is 6.79 Å². The summed E-state index contributed by atoms with van der Waals surface area (Å²) in [4.78, 5) is 8.92. The third kappa shape index (κ3) is 4.25. The summed E-state index contributed by atoms with van der Waals surface area (Å²) < 4.78 is 16.4. The molecule has 0 unspecified atom stereocenters. The van der Waals surface area contributed by atoms with Crippen molar-refractivity contribution in [2.45, 2.75) is 26.9 Å². The molecule has 0 atom stereocenters. The van der Waals surface area contributed by atoms with Gasteiger partial charge in [-0.15, -0.1) is 0 Å². The maximum absolute atomic E-state index is 5.67. The minimum atomic E-state index is 0.146. The highest BCUT2D eigenvalue weighted by atomic mass is 16.7. The van der Waals surface area contributed by atoms with Crippen molar-refractivity contribution in [1.29, 1.82) is 0 Å². The van der Waals surface area contributed by atoms with Gasteiger partial charge in [0.05, 0.1) is 6.10 Å². The SMILES string of the molecule is Cc1nc(Nc2ccc(OC(C)C)cc2)cc(Nc2ccc3c(c2)OCO3)n1. The van der Waals surface area contributed by atoms with E-state index in [1.165, 1.54) is 0 Å². The van der Waals surface area contributed by atoms with E-state index in [0.717, 1.165) is 28.6 Å². The molecule has 0 radical (unpaired) electrons. The molecule has 0 fully saturated rings. The van der Waals surface area contributed by atoms with Gasteiger partial charge in [-0.1, -0.05) is 0 Å². The maximum Gasteiger partial charge on any atom is 0.231 e. The number of hydrogen-bond donors (Lipinski definition) is 2. The van der Waals surface area contributed by atoms with E-state index in [-0.39, 0.29) is 12.9 Å². The molecule has 144 valence electrons. The summed E-state index contributed by atoms with van der Waals surface area (Å²) in [7, 11) is 0. The number of aromatic nitrogens is 2. The third-order valence-electron chi connectivity index (χ3n) is 3.98. The predicted octanol–water partition coefficient (Wildman–Crippen LogP) is 4.79. The van der Waals surface area contributed by atoms with Gasteiger partial charge >= 0.3 is 0 Å². The van der Waals surface area contributed by atoms with E-state index in [0.29, 0.717) is 17.5 Å². The molecule has 0 spiro atoms. The van der Waals surface area contributed by atoms with Crippen molar-refractivity contribution in [3.8, 4) is 17.2 Å². The first-order valence-corrected chi connectivity index (χ1v) is 9.11. The molecular weight excluding hydrogens is 356 g/mol. The van der Waals surface area contributed by atoms with Gasteiger partial charge in [-0.3, -0.25) is 0 Å². The van der Waals surface area contributed by atoms with Crippen molar-refractivity contribution in [3.05, 3.63) is 54.4 Å². The molecule has 2 N–H and O–H groups in total. The second kappa shape index (κ2) is 7.64. The van der Waals surface area contributed by atoms with Crippen LogP contribution in [0.3, 0.4) is 0 Å². The standard InChI is InChI=1S/C21H22N4O3/c1-13(2)28-17-7-4-15(5-8-17)24-20-11-21(23-14(3)22-20)25-16-6-9-18-19(10-16)27-12-26-18/h4-11,13H,12H2,1-3H3,(H2,22,23,24,25). The highest BCUT2D eigenvalue weighted by Crippen LogP contribution is 2.35. The van der Waals surface area contributed by atoms with Gasteiger partial charge in [0.1, 0.15) is 23.2 Å². The summed E-state index contributed by atoms with van der Waals surface area (Å²) in [5, 5.41) is 6.59. The first-order chi connectivity index (χ1) is 13.5. The van der Waals surface area contributed by atoms with Crippen molar-refractivity contribution in [3.63, 3.8) is 0 Å². The van der Waals surface area contributed by atoms with E-state index < -0.39 is 0 Å². The van der Waals surface area contributed by atoms with Gasteiger partial charge in [0.15, 0.2) is 11.5 Å². The van der Waals surface area contributed by atoms with Crippen LogP contribution in [0.5, 0.6) is 17.2 Å². The van der Waals surface area contributed by atoms with Crippen LogP contribution in [-0.2, 0) is 0 Å². The van der Waals surface area contributed by atoms with Crippen molar-refractivity contribution >= 4 is 23.0 Å². The lowest BCUT2D eigenvalue weighted by Crippen LogP contribution is -2.05. The van der Waals surface area contributed by atoms with Crippen molar-refractivity contribution in [2.75, 3.05) is 17.4 Å². The molecule has 1 aromatic heterocycles. The lowest BCUT2D eigenvalue weighted by molar-refractivity contribution is 0.174. The van der Waals surface area contributed by atoms with Gasteiger partial charge in [-0.2, -0.15) is 0 Å². The van der Waals surface area contributed by atoms with Crippen LogP contribution >= 0.6 is 0 Å². The molecule has 1 aliphatic heterocycles. The molecule has 0 aliphatic carbocycles. The maximum atomic E-state index is 5.67. The largest absolute Gasteiger partial charge is 0.491 e. The molecule has 0 saturated heterocycles. The zero-order valence-corrected chi connectivity index (χ0v) is 16.0. The molecule has 0 bridgehead atoms. The highest BCUT2D eigenvalue weighted by molar-refractivity contribution is 5.65. The zero-order chi connectivity index (χ0) is 19.5. The number of rotatable bonds is 6. The molecule has 4 rings (SSSR count). The monoisotopic (exact) mass is 378 g/mol. The molecule has 2 heterocycles.